The van der Waals surface area contributed by atoms with Gasteiger partial charge < -0.3 is 15.0 Å². The van der Waals surface area contributed by atoms with Gasteiger partial charge in [-0.05, 0) is 80.8 Å². The largest absolute Gasteiger partial charge is 0.494 e. The van der Waals surface area contributed by atoms with Crippen molar-refractivity contribution in [1.82, 2.24) is 10.2 Å². The number of ether oxygens (including phenoxy) is 1. The summed E-state index contributed by atoms with van der Waals surface area (Å²) in [5, 5.41) is 3.68. The zero-order valence-corrected chi connectivity index (χ0v) is 27.3. The molecular weight excluding hydrogens is 609 g/mol. The van der Waals surface area contributed by atoms with Crippen molar-refractivity contribution in [3.8, 4) is 5.75 Å². The molecule has 0 aliphatic heterocycles. The maximum Gasteiger partial charge on any atom is 0.264 e. The number of hydrogen-bond donors (Lipinski definition) is 1. The summed E-state index contributed by atoms with van der Waals surface area (Å²) >= 11 is 12.6. The molecule has 0 aromatic heterocycles. The number of benzene rings is 3. The van der Waals surface area contributed by atoms with Gasteiger partial charge in [0.1, 0.15) is 18.3 Å². The van der Waals surface area contributed by atoms with Gasteiger partial charge in [-0.1, -0.05) is 67.2 Å². The van der Waals surface area contributed by atoms with Crippen molar-refractivity contribution in [3.05, 3.63) is 87.9 Å². The fourth-order valence-corrected chi connectivity index (χ4v) is 6.38. The number of carbonyl (C=O) groups excluding carboxylic acids is 2. The van der Waals surface area contributed by atoms with Crippen molar-refractivity contribution < 1.29 is 22.7 Å². The predicted octanol–water partition coefficient (Wildman–Crippen LogP) is 6.62. The maximum atomic E-state index is 14.2. The van der Waals surface area contributed by atoms with Crippen LogP contribution in [0.25, 0.3) is 0 Å². The lowest BCUT2D eigenvalue weighted by Gasteiger charge is -2.33. The monoisotopic (exact) mass is 647 g/mol. The molecule has 0 spiro atoms. The molecule has 232 valence electrons. The van der Waals surface area contributed by atoms with Crippen molar-refractivity contribution in [1.29, 1.82) is 0 Å². The number of carbonyl (C=O) groups is 2. The lowest BCUT2D eigenvalue weighted by Crippen LogP contribution is -2.52. The van der Waals surface area contributed by atoms with E-state index in [9.17, 15) is 18.0 Å². The van der Waals surface area contributed by atoms with Crippen molar-refractivity contribution in [3.63, 3.8) is 0 Å². The molecule has 43 heavy (non-hydrogen) atoms. The van der Waals surface area contributed by atoms with E-state index in [2.05, 4.69) is 5.32 Å². The van der Waals surface area contributed by atoms with Gasteiger partial charge in [0, 0.05) is 23.1 Å². The highest BCUT2D eigenvalue weighted by Crippen LogP contribution is 2.28. The second kappa shape index (κ2) is 16.0. The van der Waals surface area contributed by atoms with Crippen LogP contribution in [0.5, 0.6) is 5.75 Å². The molecule has 0 aliphatic carbocycles. The highest BCUT2D eigenvalue weighted by atomic mass is 35.5. The number of nitrogens with zero attached hydrogens (tertiary/aromatic N) is 2. The second-order valence-electron chi connectivity index (χ2n) is 10.1. The summed E-state index contributed by atoms with van der Waals surface area (Å²) in [4.78, 5) is 28.9. The first-order valence-electron chi connectivity index (χ1n) is 14.3. The average Bonchev–Trinajstić information content (AvgIpc) is 2.98. The van der Waals surface area contributed by atoms with Crippen LogP contribution in [0.3, 0.4) is 0 Å². The Labute approximate surface area is 265 Å². The van der Waals surface area contributed by atoms with E-state index in [1.807, 2.05) is 27.7 Å². The highest BCUT2D eigenvalue weighted by Gasteiger charge is 2.34. The van der Waals surface area contributed by atoms with Gasteiger partial charge in [0.05, 0.1) is 17.2 Å². The Morgan fingerprint density at radius 1 is 0.953 bits per heavy atom. The molecule has 8 nitrogen and oxygen atoms in total. The van der Waals surface area contributed by atoms with E-state index in [0.29, 0.717) is 46.6 Å². The van der Waals surface area contributed by atoms with E-state index >= 15 is 0 Å². The third-order valence-corrected chi connectivity index (χ3v) is 9.27. The molecule has 0 saturated heterocycles. The molecule has 3 aromatic carbocycles. The molecule has 3 rings (SSSR count). The summed E-state index contributed by atoms with van der Waals surface area (Å²) in [6.45, 7) is 7.91. The van der Waals surface area contributed by atoms with Crippen LogP contribution in [0.4, 0.5) is 5.69 Å². The van der Waals surface area contributed by atoms with Gasteiger partial charge in [-0.2, -0.15) is 0 Å². The molecule has 0 heterocycles. The molecule has 0 radical (unpaired) electrons. The number of sulfonamides is 1. The van der Waals surface area contributed by atoms with Crippen LogP contribution in [0.2, 0.25) is 10.0 Å². The van der Waals surface area contributed by atoms with E-state index in [0.717, 1.165) is 22.7 Å². The van der Waals surface area contributed by atoms with Crippen LogP contribution in [-0.4, -0.2) is 50.9 Å². The van der Waals surface area contributed by atoms with Crippen molar-refractivity contribution in [2.75, 3.05) is 24.0 Å². The van der Waals surface area contributed by atoms with Gasteiger partial charge in [-0.25, -0.2) is 8.42 Å². The number of rotatable bonds is 15. The van der Waals surface area contributed by atoms with Crippen LogP contribution in [0, 0.1) is 6.92 Å². The summed E-state index contributed by atoms with van der Waals surface area (Å²) in [7, 11) is -4.20. The summed E-state index contributed by atoms with van der Waals surface area (Å²) in [6, 6.07) is 17.0. The predicted molar refractivity (Wildman–Crippen MR) is 172 cm³/mol. The number of halogens is 2. The van der Waals surface area contributed by atoms with Crippen LogP contribution in [0.15, 0.2) is 71.6 Å². The lowest BCUT2D eigenvalue weighted by molar-refractivity contribution is -0.140. The minimum atomic E-state index is -4.20. The number of unbranched alkanes of at least 4 members (excludes halogenated alkanes) is 1. The molecular formula is C32H39Cl2N3O5S. The molecule has 0 bridgehead atoms. The molecule has 0 unspecified atom stereocenters. The number of anilines is 1. The first-order chi connectivity index (χ1) is 20.5. The van der Waals surface area contributed by atoms with E-state index < -0.39 is 28.5 Å². The van der Waals surface area contributed by atoms with Crippen molar-refractivity contribution in [2.45, 2.75) is 64.4 Å². The van der Waals surface area contributed by atoms with Gasteiger partial charge >= 0.3 is 0 Å². The zero-order valence-electron chi connectivity index (χ0n) is 25.0. The minimum absolute atomic E-state index is 0.000902. The standard InChI is InChI=1S/C32H39Cl2N3O5S/c1-5-8-19-35-32(39)30(6-2)36(21-24-11-12-25(33)20-29(24)34)31(38)22-37(26-13-9-23(4)10-14-26)43(40,41)28-17-15-27(16-18-28)42-7-3/h9-18,20,30H,5-8,19,21-22H2,1-4H3,(H,35,39)/t30-/m1/s1. The SMILES string of the molecule is CCCCNC(=O)[C@@H](CC)N(Cc1ccc(Cl)cc1Cl)C(=O)CN(c1ccc(C)cc1)S(=O)(=O)c1ccc(OCC)cc1. The minimum Gasteiger partial charge on any atom is -0.494 e. The molecule has 1 atom stereocenters. The Morgan fingerprint density at radius 2 is 1.63 bits per heavy atom. The van der Waals surface area contributed by atoms with E-state index in [4.69, 9.17) is 27.9 Å². The quantitative estimate of drug-likeness (QED) is 0.187. The van der Waals surface area contributed by atoms with Gasteiger partial charge in [0.2, 0.25) is 11.8 Å². The molecule has 0 aliphatic rings. The first-order valence-corrected chi connectivity index (χ1v) is 16.5. The van der Waals surface area contributed by atoms with Gasteiger partial charge in [-0.3, -0.25) is 13.9 Å². The molecule has 2 amide bonds. The topological polar surface area (TPSA) is 96.0 Å². The molecule has 0 saturated carbocycles. The van der Waals surface area contributed by atoms with Crippen molar-refractivity contribution in [2.24, 2.45) is 0 Å². The molecule has 0 fully saturated rings. The Morgan fingerprint density at radius 3 is 2.21 bits per heavy atom. The number of amides is 2. The van der Waals surface area contributed by atoms with E-state index in [1.165, 1.54) is 17.0 Å². The summed E-state index contributed by atoms with van der Waals surface area (Å²) in [5.41, 5.74) is 1.83. The van der Waals surface area contributed by atoms with Crippen LogP contribution in [-0.2, 0) is 26.2 Å². The fourth-order valence-electron chi connectivity index (χ4n) is 4.50. The van der Waals surface area contributed by atoms with Gasteiger partial charge in [0.25, 0.3) is 10.0 Å². The Hall–Kier alpha value is -3.27. The molecule has 11 heteroatoms. The van der Waals surface area contributed by atoms with Crippen LogP contribution < -0.4 is 14.4 Å². The van der Waals surface area contributed by atoms with Gasteiger partial charge in [0.15, 0.2) is 0 Å². The van der Waals surface area contributed by atoms with E-state index in [-0.39, 0.29) is 17.3 Å². The molecule has 1 N–H and O–H groups in total. The third-order valence-electron chi connectivity index (χ3n) is 6.89. The summed E-state index contributed by atoms with van der Waals surface area (Å²) < 4.78 is 34.6. The fraction of sp³-hybridized carbons (Fsp3) is 0.375. The Balaban J connectivity index is 2.05. The third kappa shape index (κ3) is 9.11. The Kier molecular flexibility index (Phi) is 12.7. The van der Waals surface area contributed by atoms with Crippen molar-refractivity contribution >= 4 is 50.7 Å². The van der Waals surface area contributed by atoms with E-state index in [1.54, 1.807) is 54.6 Å². The zero-order chi connectivity index (χ0) is 31.6. The lowest BCUT2D eigenvalue weighted by atomic mass is 10.1. The normalized spacial score (nSPS) is 12.0. The summed E-state index contributed by atoms with van der Waals surface area (Å²) in [5.74, 6) is -0.338. The van der Waals surface area contributed by atoms with Gasteiger partial charge in [-0.15, -0.1) is 0 Å². The smallest absolute Gasteiger partial charge is 0.264 e. The number of nitrogens with one attached hydrogen (secondary N) is 1. The van der Waals surface area contributed by atoms with Crippen LogP contribution in [0.1, 0.15) is 51.2 Å². The summed E-state index contributed by atoms with van der Waals surface area (Å²) in [6.07, 6.45) is 2.00. The van der Waals surface area contributed by atoms with Crippen LogP contribution >= 0.6 is 23.2 Å². The second-order valence-corrected chi connectivity index (χ2v) is 12.8. The first kappa shape index (κ1) is 34.2. The molecule has 3 aromatic rings. The maximum absolute atomic E-state index is 14.2. The number of aryl methyl sites for hydroxylation is 1. The number of hydrogen-bond acceptors (Lipinski definition) is 5. The average molecular weight is 649 g/mol. The highest BCUT2D eigenvalue weighted by molar-refractivity contribution is 7.92. The Bertz CT molecular complexity index is 1480.